The number of benzene rings is 1. The van der Waals surface area contributed by atoms with Gasteiger partial charge >= 0.3 is 11.9 Å². The highest BCUT2D eigenvalue weighted by Crippen LogP contribution is 2.50. The van der Waals surface area contributed by atoms with Crippen LogP contribution in [-0.2, 0) is 19.9 Å². The second kappa shape index (κ2) is 11.3. The molecule has 0 radical (unpaired) electrons. The number of halogens is 4. The Morgan fingerprint density at radius 1 is 1.18 bits per heavy atom. The Hall–Kier alpha value is -2.90. The highest BCUT2D eigenvalue weighted by atomic mass is 127. The number of carbonyl (C=O) groups excluding carboxylic acids is 1. The highest BCUT2D eigenvalue weighted by Gasteiger charge is 2.49. The number of amides is 1. The van der Waals surface area contributed by atoms with Gasteiger partial charge in [0.05, 0.1) is 11.4 Å². The predicted octanol–water partition coefficient (Wildman–Crippen LogP) is 7.40. The van der Waals surface area contributed by atoms with E-state index in [1.807, 2.05) is 0 Å². The van der Waals surface area contributed by atoms with E-state index in [2.05, 4.69) is 38.2 Å². The van der Waals surface area contributed by atoms with Crippen LogP contribution in [-0.4, -0.2) is 27.3 Å². The first-order valence-electron chi connectivity index (χ1n) is 12.5. The Kier molecular flexibility index (Phi) is 8.43. The second-order valence-corrected chi connectivity index (χ2v) is 11.6. The van der Waals surface area contributed by atoms with Gasteiger partial charge < -0.3 is 19.5 Å². The Morgan fingerprint density at radius 2 is 1.90 bits per heavy atom. The maximum absolute atomic E-state index is 14.9. The van der Waals surface area contributed by atoms with Gasteiger partial charge in [-0.2, -0.15) is 8.78 Å². The first-order valence-corrected chi connectivity index (χ1v) is 14.0. The first-order chi connectivity index (χ1) is 18.3. The second-order valence-electron chi connectivity index (χ2n) is 10.8. The third-order valence-electron chi connectivity index (χ3n) is 6.72. The highest BCUT2D eigenvalue weighted by molar-refractivity contribution is 14.1. The molecule has 1 aliphatic rings. The molecule has 1 saturated carbocycles. The molecule has 0 saturated heterocycles. The fourth-order valence-electron chi connectivity index (χ4n) is 4.26. The lowest BCUT2D eigenvalue weighted by Gasteiger charge is -2.27. The molecule has 1 amide bonds. The third kappa shape index (κ3) is 6.47. The molecule has 8 nitrogen and oxygen atoms in total. The van der Waals surface area contributed by atoms with Crippen LogP contribution >= 0.6 is 22.6 Å². The molecule has 39 heavy (non-hydrogen) atoms. The molecule has 0 spiro atoms. The molecule has 0 bridgehead atoms. The quantitative estimate of drug-likeness (QED) is 0.163. The molecule has 1 aromatic carbocycles. The van der Waals surface area contributed by atoms with E-state index in [0.717, 1.165) is 24.5 Å². The molecule has 210 valence electrons. The molecule has 1 fully saturated rings. The summed E-state index contributed by atoms with van der Waals surface area (Å²) >= 11 is 2.11. The van der Waals surface area contributed by atoms with E-state index in [-0.39, 0.29) is 42.3 Å². The van der Waals surface area contributed by atoms with Crippen LogP contribution in [0.25, 0.3) is 11.5 Å². The van der Waals surface area contributed by atoms with Gasteiger partial charge in [-0.25, -0.2) is 4.39 Å². The number of carboxylic acids is 1. The number of carbonyl (C=O) groups is 2. The van der Waals surface area contributed by atoms with Crippen LogP contribution in [0.2, 0.25) is 0 Å². The summed E-state index contributed by atoms with van der Waals surface area (Å²) in [6.07, 6.45) is 1.22. The zero-order chi connectivity index (χ0) is 28.5. The smallest absolute Gasteiger partial charge is 0.312 e. The molecule has 2 heterocycles. The van der Waals surface area contributed by atoms with E-state index in [1.54, 1.807) is 6.07 Å². The fraction of sp³-hybridized carbons (Fsp3) is 0.481. The van der Waals surface area contributed by atoms with Gasteiger partial charge in [-0.15, -0.1) is 0 Å². The summed E-state index contributed by atoms with van der Waals surface area (Å²) in [5.74, 6) is -6.57. The monoisotopic (exact) mass is 659 g/mol. The summed E-state index contributed by atoms with van der Waals surface area (Å²) in [7, 11) is 0. The standard InChI is InChI=1S/C27H29F3IN3O5/c1-26(2,3)27(29,30)20-12-19(33-38-20)25-23(15-5-6-15)24(34-39-25)16(7-9-22(36)37)11-21(35)32-18-8-4-14(13-31)10-17(18)28/h4,8,10,12,15-16H,5-7,9,11,13H2,1-3H3,(H,32,35)(H,36,37)/t16-/m0/s1. The Balaban J connectivity index is 1.63. The third-order valence-corrected chi connectivity index (χ3v) is 7.60. The molecule has 12 heteroatoms. The molecule has 1 atom stereocenters. The number of alkyl halides is 3. The minimum atomic E-state index is -3.30. The van der Waals surface area contributed by atoms with Gasteiger partial charge in [0.15, 0.2) is 11.5 Å². The van der Waals surface area contributed by atoms with Crippen LogP contribution in [0.15, 0.2) is 33.3 Å². The Bertz CT molecular complexity index is 1360. The van der Waals surface area contributed by atoms with Crippen molar-refractivity contribution in [3.8, 4) is 11.5 Å². The lowest BCUT2D eigenvalue weighted by atomic mass is 9.86. The molecule has 3 aromatic rings. The van der Waals surface area contributed by atoms with Gasteiger partial charge in [-0.1, -0.05) is 59.7 Å². The van der Waals surface area contributed by atoms with E-state index in [4.69, 9.17) is 9.05 Å². The lowest BCUT2D eigenvalue weighted by Crippen LogP contribution is -2.30. The number of rotatable bonds is 11. The number of carboxylic acid groups (broad SMARTS) is 1. The van der Waals surface area contributed by atoms with Crippen molar-refractivity contribution < 1.29 is 36.9 Å². The first kappa shape index (κ1) is 29.1. The van der Waals surface area contributed by atoms with Crippen molar-refractivity contribution in [2.75, 3.05) is 5.32 Å². The molecule has 0 unspecified atom stereocenters. The van der Waals surface area contributed by atoms with Crippen LogP contribution in [0.4, 0.5) is 18.9 Å². The van der Waals surface area contributed by atoms with Crippen LogP contribution in [0.1, 0.15) is 87.3 Å². The van der Waals surface area contributed by atoms with Gasteiger partial charge in [0, 0.05) is 40.2 Å². The fourth-order valence-corrected chi connectivity index (χ4v) is 4.73. The Labute approximate surface area is 236 Å². The van der Waals surface area contributed by atoms with Crippen molar-refractivity contribution in [1.29, 1.82) is 0 Å². The number of hydrogen-bond acceptors (Lipinski definition) is 6. The SMILES string of the molecule is CC(C)(C)C(F)(F)c1cc(-c2onc([C@@H](CCC(=O)O)CC(=O)Nc3ccc(CI)cc3F)c2C2CC2)no1. The zero-order valence-electron chi connectivity index (χ0n) is 21.7. The van der Waals surface area contributed by atoms with Gasteiger partial charge in [-0.05, 0) is 42.9 Å². The van der Waals surface area contributed by atoms with Crippen molar-refractivity contribution >= 4 is 40.2 Å². The van der Waals surface area contributed by atoms with Crippen LogP contribution in [0.3, 0.4) is 0 Å². The normalized spacial score (nSPS) is 14.8. The maximum Gasteiger partial charge on any atom is 0.312 e. The van der Waals surface area contributed by atoms with Gasteiger partial charge in [-0.3, -0.25) is 9.59 Å². The molecule has 2 N–H and O–H groups in total. The molecule has 1 aliphatic carbocycles. The number of anilines is 1. The van der Waals surface area contributed by atoms with Crippen LogP contribution < -0.4 is 5.32 Å². The average molecular weight is 659 g/mol. The summed E-state index contributed by atoms with van der Waals surface area (Å²) in [4.78, 5) is 24.3. The van der Waals surface area contributed by atoms with Crippen molar-refractivity contribution in [3.63, 3.8) is 0 Å². The summed E-state index contributed by atoms with van der Waals surface area (Å²) in [6, 6.07) is 5.65. The average Bonchev–Trinajstić information content (AvgIpc) is 3.40. The van der Waals surface area contributed by atoms with Crippen LogP contribution in [0.5, 0.6) is 0 Å². The van der Waals surface area contributed by atoms with E-state index in [9.17, 15) is 27.9 Å². The summed E-state index contributed by atoms with van der Waals surface area (Å²) < 4.78 is 55.4. The minimum Gasteiger partial charge on any atom is -0.481 e. The van der Waals surface area contributed by atoms with Crippen molar-refractivity contribution in [1.82, 2.24) is 10.3 Å². The van der Waals surface area contributed by atoms with Gasteiger partial charge in [0.1, 0.15) is 5.82 Å². The molecular weight excluding hydrogens is 630 g/mol. The Morgan fingerprint density at radius 3 is 2.49 bits per heavy atom. The van der Waals surface area contributed by atoms with Crippen molar-refractivity contribution in [2.45, 2.75) is 75.1 Å². The largest absolute Gasteiger partial charge is 0.481 e. The minimum absolute atomic E-state index is 0.00168. The molecule has 0 aliphatic heterocycles. The number of hydrogen-bond donors (Lipinski definition) is 2. The number of aliphatic carboxylic acids is 1. The number of nitrogens with one attached hydrogen (secondary N) is 1. The topological polar surface area (TPSA) is 118 Å². The van der Waals surface area contributed by atoms with E-state index >= 15 is 0 Å². The van der Waals surface area contributed by atoms with Crippen molar-refractivity contribution in [2.24, 2.45) is 5.41 Å². The maximum atomic E-state index is 14.9. The summed E-state index contributed by atoms with van der Waals surface area (Å²) in [5.41, 5.74) is 0.399. The van der Waals surface area contributed by atoms with Gasteiger partial charge in [0.2, 0.25) is 11.7 Å². The molecule has 2 aromatic heterocycles. The lowest BCUT2D eigenvalue weighted by molar-refractivity contribution is -0.137. The van der Waals surface area contributed by atoms with E-state index in [0.29, 0.717) is 15.7 Å². The summed E-state index contributed by atoms with van der Waals surface area (Å²) in [6.45, 7) is 4.16. The van der Waals surface area contributed by atoms with E-state index < -0.39 is 40.7 Å². The molecular formula is C27H29F3IN3O5. The van der Waals surface area contributed by atoms with Gasteiger partial charge in [0.25, 0.3) is 0 Å². The number of nitrogens with zero attached hydrogens (tertiary/aromatic N) is 2. The number of aromatic nitrogens is 2. The zero-order valence-corrected chi connectivity index (χ0v) is 23.9. The van der Waals surface area contributed by atoms with Crippen molar-refractivity contribution in [3.05, 3.63) is 52.7 Å². The molecule has 4 rings (SSSR count). The predicted molar refractivity (Wildman–Crippen MR) is 144 cm³/mol. The van der Waals surface area contributed by atoms with E-state index in [1.165, 1.54) is 32.9 Å². The summed E-state index contributed by atoms with van der Waals surface area (Å²) in [5, 5.41) is 19.8. The van der Waals surface area contributed by atoms with Crippen LogP contribution in [0, 0.1) is 11.2 Å².